The van der Waals surface area contributed by atoms with Crippen LogP contribution in [0, 0.1) is 6.92 Å². The molecule has 148 valence electrons. The van der Waals surface area contributed by atoms with E-state index >= 15 is 0 Å². The van der Waals surface area contributed by atoms with E-state index in [0.29, 0.717) is 24.5 Å². The van der Waals surface area contributed by atoms with Gasteiger partial charge in [0.25, 0.3) is 0 Å². The normalized spacial score (nSPS) is 24.3. The first-order chi connectivity index (χ1) is 13.7. The topological polar surface area (TPSA) is 23.6 Å². The lowest BCUT2D eigenvalue weighted by Gasteiger charge is -2.43. The third-order valence-electron chi connectivity index (χ3n) is 6.61. The van der Waals surface area contributed by atoms with E-state index in [9.17, 15) is 4.79 Å². The molecule has 2 aromatic rings. The highest BCUT2D eigenvalue weighted by Crippen LogP contribution is 2.39. The molecule has 3 nitrogen and oxygen atoms in total. The predicted molar refractivity (Wildman–Crippen MR) is 116 cm³/mol. The summed E-state index contributed by atoms with van der Waals surface area (Å²) in [7, 11) is 0. The molecule has 0 saturated carbocycles. The fourth-order valence-corrected chi connectivity index (χ4v) is 5.16. The number of anilines is 1. The number of fused-ring (bicyclic) bond motifs is 2. The van der Waals surface area contributed by atoms with Gasteiger partial charge >= 0.3 is 0 Å². The predicted octanol–water partition coefficient (Wildman–Crippen LogP) is 4.98. The first-order valence-electron chi connectivity index (χ1n) is 10.8. The van der Waals surface area contributed by atoms with Gasteiger partial charge in [0.05, 0.1) is 0 Å². The molecule has 2 unspecified atom stereocenters. The van der Waals surface area contributed by atoms with Crippen LogP contribution in [0.25, 0.3) is 0 Å². The summed E-state index contributed by atoms with van der Waals surface area (Å²) in [6.45, 7) is 5.21. The van der Waals surface area contributed by atoms with Crippen molar-refractivity contribution < 1.29 is 4.79 Å². The monoisotopic (exact) mass is 376 g/mol. The van der Waals surface area contributed by atoms with E-state index in [2.05, 4.69) is 71.3 Å². The van der Waals surface area contributed by atoms with Crippen LogP contribution in [0.5, 0.6) is 0 Å². The van der Waals surface area contributed by atoms with E-state index in [0.717, 1.165) is 31.5 Å². The number of hydrogen-bond acceptors (Lipinski definition) is 2. The summed E-state index contributed by atoms with van der Waals surface area (Å²) in [4.78, 5) is 17.7. The maximum atomic E-state index is 12.8. The Morgan fingerprint density at radius 1 is 1.00 bits per heavy atom. The van der Waals surface area contributed by atoms with Crippen molar-refractivity contribution in [3.8, 4) is 0 Å². The lowest BCUT2D eigenvalue weighted by molar-refractivity contribution is -0.119. The molecule has 0 spiro atoms. The van der Waals surface area contributed by atoms with Crippen LogP contribution in [0.15, 0.2) is 54.6 Å². The van der Waals surface area contributed by atoms with E-state index in [-0.39, 0.29) is 5.91 Å². The molecule has 2 aliphatic rings. The smallest absolute Gasteiger partial charge is 0.226 e. The van der Waals surface area contributed by atoms with Crippen LogP contribution in [0.4, 0.5) is 5.69 Å². The fraction of sp³-hybridized carbons (Fsp3) is 0.480. The summed E-state index contributed by atoms with van der Waals surface area (Å²) >= 11 is 0. The van der Waals surface area contributed by atoms with Gasteiger partial charge in [-0.2, -0.15) is 0 Å². The Morgan fingerprint density at radius 3 is 2.25 bits per heavy atom. The van der Waals surface area contributed by atoms with Crippen LogP contribution in [-0.4, -0.2) is 35.5 Å². The number of rotatable bonds is 6. The molecule has 3 heteroatoms. The number of carbonyl (C=O) groups excluding carboxylic acids is 1. The average Bonchev–Trinajstić information content (AvgIpc) is 2.96. The van der Waals surface area contributed by atoms with Gasteiger partial charge in [-0.25, -0.2) is 0 Å². The molecule has 2 saturated heterocycles. The standard InChI is InChI=1S/C25H32N2O/c1-3-25(28)27(21-11-9-19(2)10-12-21)24-17-22-13-14-23(18-24)26(22)16-15-20-7-5-4-6-8-20/h4-12,22-24H,3,13-18H2,1-2H3. The van der Waals surface area contributed by atoms with Gasteiger partial charge in [-0.3, -0.25) is 9.69 Å². The van der Waals surface area contributed by atoms with Crippen molar-refractivity contribution in [3.05, 3.63) is 65.7 Å². The van der Waals surface area contributed by atoms with Crippen molar-refractivity contribution >= 4 is 11.6 Å². The molecular formula is C25H32N2O. The summed E-state index contributed by atoms with van der Waals surface area (Å²) in [5.74, 6) is 0.256. The Labute approximate surface area is 169 Å². The van der Waals surface area contributed by atoms with E-state index in [1.54, 1.807) is 0 Å². The third-order valence-corrected chi connectivity index (χ3v) is 6.61. The zero-order valence-corrected chi connectivity index (χ0v) is 17.2. The third kappa shape index (κ3) is 4.00. The van der Waals surface area contributed by atoms with Crippen molar-refractivity contribution in [2.45, 2.75) is 70.5 Å². The highest BCUT2D eigenvalue weighted by molar-refractivity contribution is 5.93. The average molecular weight is 377 g/mol. The second-order valence-electron chi connectivity index (χ2n) is 8.44. The van der Waals surface area contributed by atoms with Gasteiger partial charge in [0.2, 0.25) is 5.91 Å². The molecule has 28 heavy (non-hydrogen) atoms. The summed E-state index contributed by atoms with van der Waals surface area (Å²) in [6, 6.07) is 20.8. The van der Waals surface area contributed by atoms with Crippen molar-refractivity contribution in [2.24, 2.45) is 0 Å². The quantitative estimate of drug-likeness (QED) is 0.710. The number of benzene rings is 2. The Morgan fingerprint density at radius 2 is 1.64 bits per heavy atom. The van der Waals surface area contributed by atoms with Crippen molar-refractivity contribution in [2.75, 3.05) is 11.4 Å². The molecule has 2 fully saturated rings. The highest BCUT2D eigenvalue weighted by atomic mass is 16.2. The Balaban J connectivity index is 1.47. The second-order valence-corrected chi connectivity index (χ2v) is 8.44. The molecule has 2 heterocycles. The van der Waals surface area contributed by atoms with Gasteiger partial charge < -0.3 is 4.90 Å². The molecule has 2 aromatic carbocycles. The minimum atomic E-state index is 0.256. The summed E-state index contributed by atoms with van der Waals surface area (Å²) in [5.41, 5.74) is 3.73. The fourth-order valence-electron chi connectivity index (χ4n) is 5.16. The molecule has 0 aromatic heterocycles. The molecule has 2 aliphatic heterocycles. The van der Waals surface area contributed by atoms with E-state index in [1.807, 2.05) is 6.92 Å². The molecule has 4 rings (SSSR count). The number of carbonyl (C=O) groups is 1. The van der Waals surface area contributed by atoms with E-state index in [1.165, 1.54) is 24.0 Å². The lowest BCUT2D eigenvalue weighted by atomic mass is 9.94. The zero-order valence-electron chi connectivity index (χ0n) is 17.2. The molecule has 2 atom stereocenters. The Bertz CT molecular complexity index is 772. The van der Waals surface area contributed by atoms with Gasteiger partial charge in [-0.1, -0.05) is 55.0 Å². The Kier molecular flexibility index (Phi) is 5.82. The van der Waals surface area contributed by atoms with Crippen molar-refractivity contribution in [3.63, 3.8) is 0 Å². The SMILES string of the molecule is CCC(=O)N(c1ccc(C)cc1)C1CC2CCC(C1)N2CCc1ccccc1. The lowest BCUT2D eigenvalue weighted by Crippen LogP contribution is -2.52. The second kappa shape index (κ2) is 8.48. The summed E-state index contributed by atoms with van der Waals surface area (Å²) < 4.78 is 0. The molecule has 2 bridgehead atoms. The van der Waals surface area contributed by atoms with Gasteiger partial charge in [0.15, 0.2) is 0 Å². The van der Waals surface area contributed by atoms with Crippen LogP contribution in [0.3, 0.4) is 0 Å². The van der Waals surface area contributed by atoms with Gasteiger partial charge in [-0.15, -0.1) is 0 Å². The first-order valence-corrected chi connectivity index (χ1v) is 10.8. The number of nitrogens with zero attached hydrogens (tertiary/aromatic N) is 2. The molecule has 0 N–H and O–H groups in total. The summed E-state index contributed by atoms with van der Waals surface area (Å²) in [6.07, 6.45) is 6.44. The number of amides is 1. The minimum absolute atomic E-state index is 0.256. The number of piperidine rings is 1. The van der Waals surface area contributed by atoms with Gasteiger partial charge in [-0.05, 0) is 56.7 Å². The minimum Gasteiger partial charge on any atom is -0.309 e. The van der Waals surface area contributed by atoms with Crippen molar-refractivity contribution in [1.29, 1.82) is 0 Å². The van der Waals surface area contributed by atoms with E-state index < -0.39 is 0 Å². The van der Waals surface area contributed by atoms with Gasteiger partial charge in [0.1, 0.15) is 0 Å². The van der Waals surface area contributed by atoms with Crippen LogP contribution in [-0.2, 0) is 11.2 Å². The number of aryl methyl sites for hydroxylation is 1. The maximum Gasteiger partial charge on any atom is 0.226 e. The van der Waals surface area contributed by atoms with Crippen LogP contribution < -0.4 is 4.90 Å². The zero-order chi connectivity index (χ0) is 19.5. The summed E-state index contributed by atoms with van der Waals surface area (Å²) in [5, 5.41) is 0. The van der Waals surface area contributed by atoms with Crippen LogP contribution >= 0.6 is 0 Å². The van der Waals surface area contributed by atoms with Gasteiger partial charge in [0, 0.05) is 36.8 Å². The Hall–Kier alpha value is -2.13. The van der Waals surface area contributed by atoms with Crippen molar-refractivity contribution in [1.82, 2.24) is 4.90 Å². The molecule has 0 radical (unpaired) electrons. The largest absolute Gasteiger partial charge is 0.309 e. The highest BCUT2D eigenvalue weighted by Gasteiger charge is 2.43. The maximum absolute atomic E-state index is 12.8. The number of hydrogen-bond donors (Lipinski definition) is 0. The van der Waals surface area contributed by atoms with Crippen LogP contribution in [0.1, 0.15) is 50.2 Å². The first kappa shape index (κ1) is 19.2. The molecular weight excluding hydrogens is 344 g/mol. The molecule has 1 amide bonds. The van der Waals surface area contributed by atoms with E-state index in [4.69, 9.17) is 0 Å². The van der Waals surface area contributed by atoms with Crippen LogP contribution in [0.2, 0.25) is 0 Å². The molecule has 0 aliphatic carbocycles.